The summed E-state index contributed by atoms with van der Waals surface area (Å²) in [6.07, 6.45) is 0.924. The van der Waals surface area contributed by atoms with E-state index in [1.165, 1.54) is 37.0 Å². The first-order chi connectivity index (χ1) is 16.7. The zero-order valence-electron chi connectivity index (χ0n) is 19.3. The van der Waals surface area contributed by atoms with Crippen molar-refractivity contribution in [2.75, 3.05) is 27.3 Å². The molecule has 0 bridgehead atoms. The maximum atomic E-state index is 13.6. The number of piperidine rings is 1. The van der Waals surface area contributed by atoms with Crippen molar-refractivity contribution < 1.29 is 19.1 Å². The summed E-state index contributed by atoms with van der Waals surface area (Å²) in [4.78, 5) is 53.3. The second-order valence-electron chi connectivity index (χ2n) is 8.27. The molecule has 184 valence electrons. The normalized spacial score (nSPS) is 14.2. The molecule has 0 radical (unpaired) electrons. The van der Waals surface area contributed by atoms with E-state index in [-0.39, 0.29) is 40.9 Å². The van der Waals surface area contributed by atoms with Crippen LogP contribution in [0, 0.1) is 5.92 Å². The fourth-order valence-corrected chi connectivity index (χ4v) is 4.52. The molecule has 4 rings (SSSR count). The van der Waals surface area contributed by atoms with E-state index in [1.807, 2.05) is 0 Å². The van der Waals surface area contributed by atoms with E-state index in [9.17, 15) is 19.2 Å². The summed E-state index contributed by atoms with van der Waals surface area (Å²) >= 11 is 6.11. The van der Waals surface area contributed by atoms with Gasteiger partial charge >= 0.3 is 5.69 Å². The van der Waals surface area contributed by atoms with Crippen LogP contribution in [-0.4, -0.2) is 53.2 Å². The average Bonchev–Trinajstić information content (AvgIpc) is 2.85. The van der Waals surface area contributed by atoms with Crippen LogP contribution in [0.4, 0.5) is 0 Å². The molecule has 0 atom stereocenters. The Morgan fingerprint density at radius 1 is 1.06 bits per heavy atom. The summed E-state index contributed by atoms with van der Waals surface area (Å²) in [6, 6.07) is 9.32. The van der Waals surface area contributed by atoms with Crippen molar-refractivity contribution in [2.24, 2.45) is 11.7 Å². The first-order valence-corrected chi connectivity index (χ1v) is 11.4. The number of ether oxygens (including phenoxy) is 2. The van der Waals surface area contributed by atoms with Crippen LogP contribution < -0.4 is 26.5 Å². The second-order valence-corrected chi connectivity index (χ2v) is 8.71. The minimum atomic E-state index is -0.697. The third-order valence-electron chi connectivity index (χ3n) is 6.26. The molecule has 3 aromatic rings. The predicted octanol–water partition coefficient (Wildman–Crippen LogP) is 1.55. The summed E-state index contributed by atoms with van der Waals surface area (Å²) < 4.78 is 12.9. The largest absolute Gasteiger partial charge is 0.493 e. The smallest absolute Gasteiger partial charge is 0.336 e. The number of nitrogens with two attached hydrogens (primary N) is 1. The van der Waals surface area contributed by atoms with Gasteiger partial charge in [-0.2, -0.15) is 0 Å². The highest BCUT2D eigenvalue weighted by Gasteiger charge is 2.27. The first kappa shape index (κ1) is 24.3. The molecule has 10 nitrogen and oxygen atoms in total. The number of likely N-dealkylation sites (tertiary alicyclic amines) is 1. The van der Waals surface area contributed by atoms with E-state index < -0.39 is 11.2 Å². The van der Waals surface area contributed by atoms with Crippen LogP contribution in [0.5, 0.6) is 11.5 Å². The maximum absolute atomic E-state index is 13.6. The van der Waals surface area contributed by atoms with Crippen LogP contribution in [-0.2, 0) is 16.1 Å². The van der Waals surface area contributed by atoms with E-state index in [1.54, 1.807) is 23.1 Å². The van der Waals surface area contributed by atoms with Crippen LogP contribution in [0.15, 0.2) is 46.0 Å². The number of carbonyl (C=O) groups is 2. The van der Waals surface area contributed by atoms with Crippen molar-refractivity contribution in [1.82, 2.24) is 14.0 Å². The molecule has 2 aromatic carbocycles. The fraction of sp³-hybridized carbons (Fsp3) is 0.333. The van der Waals surface area contributed by atoms with Crippen LogP contribution in [0.2, 0.25) is 5.02 Å². The Morgan fingerprint density at radius 2 is 1.71 bits per heavy atom. The number of rotatable bonds is 6. The molecule has 11 heteroatoms. The SMILES string of the molecule is COc1cc2c(=O)n(-c3cccc(Cl)c3)c(=O)n(CC(=O)N3CCC(C(N)=O)CC3)c2cc1OC. The molecular weight excluding hydrogens is 476 g/mol. The number of methoxy groups -OCH3 is 2. The van der Waals surface area contributed by atoms with E-state index in [0.29, 0.717) is 42.5 Å². The molecule has 1 saturated heterocycles. The Bertz CT molecular complexity index is 1420. The van der Waals surface area contributed by atoms with E-state index in [4.69, 9.17) is 26.8 Å². The van der Waals surface area contributed by atoms with Crippen LogP contribution in [0.3, 0.4) is 0 Å². The van der Waals surface area contributed by atoms with Crippen molar-refractivity contribution in [2.45, 2.75) is 19.4 Å². The lowest BCUT2D eigenvalue weighted by molar-refractivity contribution is -0.135. The van der Waals surface area contributed by atoms with E-state index >= 15 is 0 Å². The number of amides is 2. The number of primary amides is 1. The standard InChI is InChI=1S/C24H25ClN4O6/c1-34-19-11-17-18(12-20(19)35-2)28(13-21(30)27-8-6-14(7-9-27)22(26)31)24(33)29(23(17)32)16-5-3-4-15(25)10-16/h3-5,10-12,14H,6-9,13H2,1-2H3,(H2,26,31). The molecule has 1 aliphatic rings. The lowest BCUT2D eigenvalue weighted by atomic mass is 9.96. The Balaban J connectivity index is 1.86. The van der Waals surface area contributed by atoms with Gasteiger partial charge in [0.1, 0.15) is 6.54 Å². The minimum absolute atomic E-state index is 0.169. The monoisotopic (exact) mass is 500 g/mol. The van der Waals surface area contributed by atoms with Crippen LogP contribution in [0.1, 0.15) is 12.8 Å². The van der Waals surface area contributed by atoms with Gasteiger partial charge < -0.3 is 20.1 Å². The van der Waals surface area contributed by atoms with Gasteiger partial charge in [-0.05, 0) is 37.1 Å². The molecule has 0 aliphatic carbocycles. The number of nitrogens with zero attached hydrogens (tertiary/aromatic N) is 3. The first-order valence-electron chi connectivity index (χ1n) is 11.0. The number of hydrogen-bond donors (Lipinski definition) is 1. The molecule has 35 heavy (non-hydrogen) atoms. The molecule has 1 aliphatic heterocycles. The van der Waals surface area contributed by atoms with Gasteiger partial charge in [0, 0.05) is 30.1 Å². The molecule has 0 spiro atoms. The van der Waals surface area contributed by atoms with Gasteiger partial charge in [0.05, 0.1) is 30.8 Å². The van der Waals surface area contributed by atoms with Crippen molar-refractivity contribution in [1.29, 1.82) is 0 Å². The van der Waals surface area contributed by atoms with Gasteiger partial charge in [-0.25, -0.2) is 9.36 Å². The van der Waals surface area contributed by atoms with Gasteiger partial charge in [-0.1, -0.05) is 17.7 Å². The Kier molecular flexibility index (Phi) is 6.83. The van der Waals surface area contributed by atoms with Crippen molar-refractivity contribution in [3.8, 4) is 17.2 Å². The Hall–Kier alpha value is -3.79. The van der Waals surface area contributed by atoms with Crippen molar-refractivity contribution >= 4 is 34.3 Å². The zero-order chi connectivity index (χ0) is 25.3. The minimum Gasteiger partial charge on any atom is -0.493 e. The highest BCUT2D eigenvalue weighted by atomic mass is 35.5. The predicted molar refractivity (Wildman–Crippen MR) is 130 cm³/mol. The van der Waals surface area contributed by atoms with Gasteiger partial charge in [0.25, 0.3) is 5.56 Å². The molecular formula is C24H25ClN4O6. The molecule has 2 N–H and O–H groups in total. The van der Waals surface area contributed by atoms with E-state index in [2.05, 4.69) is 0 Å². The summed E-state index contributed by atoms with van der Waals surface area (Å²) in [5.74, 6) is -0.358. The van der Waals surface area contributed by atoms with E-state index in [0.717, 1.165) is 4.57 Å². The topological polar surface area (TPSA) is 126 Å². The Morgan fingerprint density at radius 3 is 2.31 bits per heavy atom. The van der Waals surface area contributed by atoms with Crippen LogP contribution in [0.25, 0.3) is 16.6 Å². The zero-order valence-corrected chi connectivity index (χ0v) is 20.1. The van der Waals surface area contributed by atoms with Gasteiger partial charge in [-0.15, -0.1) is 0 Å². The number of carbonyl (C=O) groups excluding carboxylic acids is 2. The summed E-state index contributed by atoms with van der Waals surface area (Å²) in [5.41, 5.74) is 4.61. The summed E-state index contributed by atoms with van der Waals surface area (Å²) in [7, 11) is 2.88. The maximum Gasteiger partial charge on any atom is 0.336 e. The lowest BCUT2D eigenvalue weighted by Crippen LogP contribution is -2.46. The highest BCUT2D eigenvalue weighted by Crippen LogP contribution is 2.30. The number of aromatic nitrogens is 2. The number of hydrogen-bond acceptors (Lipinski definition) is 6. The van der Waals surface area contributed by atoms with Crippen molar-refractivity contribution in [3.63, 3.8) is 0 Å². The van der Waals surface area contributed by atoms with Crippen LogP contribution >= 0.6 is 11.6 Å². The average molecular weight is 501 g/mol. The third kappa shape index (κ3) is 4.61. The lowest BCUT2D eigenvalue weighted by Gasteiger charge is -2.31. The summed E-state index contributed by atoms with van der Waals surface area (Å²) in [5, 5.41) is 0.517. The second kappa shape index (κ2) is 9.83. The van der Waals surface area contributed by atoms with Gasteiger partial charge in [-0.3, -0.25) is 19.0 Å². The number of halogens is 1. The third-order valence-corrected chi connectivity index (χ3v) is 6.49. The quantitative estimate of drug-likeness (QED) is 0.547. The number of benzene rings is 2. The molecule has 1 fully saturated rings. The fourth-order valence-electron chi connectivity index (χ4n) is 4.34. The van der Waals surface area contributed by atoms with Gasteiger partial charge in [0.2, 0.25) is 11.8 Å². The molecule has 0 saturated carbocycles. The molecule has 2 heterocycles. The molecule has 1 aromatic heterocycles. The highest BCUT2D eigenvalue weighted by molar-refractivity contribution is 6.30. The van der Waals surface area contributed by atoms with Gasteiger partial charge in [0.15, 0.2) is 11.5 Å². The Labute approximate surface area is 205 Å². The summed E-state index contributed by atoms with van der Waals surface area (Å²) in [6.45, 7) is 0.390. The van der Waals surface area contributed by atoms with Crippen molar-refractivity contribution in [3.05, 3.63) is 62.3 Å². The molecule has 2 amide bonds. The molecule has 0 unspecified atom stereocenters. The number of fused-ring (bicyclic) bond motifs is 1.